The van der Waals surface area contributed by atoms with Crippen LogP contribution in [0.15, 0.2) is 54.6 Å². The lowest BCUT2D eigenvalue weighted by atomic mass is 10.1. The first kappa shape index (κ1) is 18.3. The van der Waals surface area contributed by atoms with Crippen molar-refractivity contribution in [3.05, 3.63) is 65.9 Å². The molecule has 4 rings (SSSR count). The van der Waals surface area contributed by atoms with E-state index < -0.39 is 18.7 Å². The van der Waals surface area contributed by atoms with Gasteiger partial charge in [0.15, 0.2) is 6.61 Å². The topological polar surface area (TPSA) is 51.2 Å². The Balaban J connectivity index is 1.64. The van der Waals surface area contributed by atoms with Crippen molar-refractivity contribution in [2.24, 2.45) is 0 Å². The number of nitrogens with one attached hydrogen (secondary N) is 1. The molecule has 0 atom stereocenters. The molecule has 2 aromatic carbocycles. The van der Waals surface area contributed by atoms with Crippen molar-refractivity contribution in [3.63, 3.8) is 0 Å². The Kier molecular flexibility index (Phi) is 4.66. The van der Waals surface area contributed by atoms with Crippen molar-refractivity contribution in [1.82, 2.24) is 4.98 Å². The van der Waals surface area contributed by atoms with E-state index in [-0.39, 0.29) is 11.4 Å². The van der Waals surface area contributed by atoms with E-state index in [0.29, 0.717) is 16.9 Å². The highest BCUT2D eigenvalue weighted by molar-refractivity contribution is 6.12. The summed E-state index contributed by atoms with van der Waals surface area (Å²) in [6, 6.07) is 15.2. The average Bonchev–Trinajstić information content (AvgIpc) is 3.51. The van der Waals surface area contributed by atoms with Crippen molar-refractivity contribution in [3.8, 4) is 5.75 Å². The number of ether oxygens (including phenoxy) is 1. The van der Waals surface area contributed by atoms with Crippen molar-refractivity contribution in [1.29, 1.82) is 0 Å². The molecule has 1 fully saturated rings. The molecule has 0 radical (unpaired) electrons. The van der Waals surface area contributed by atoms with Gasteiger partial charge in [-0.2, -0.15) is 13.2 Å². The Labute approximate surface area is 159 Å². The molecule has 1 heterocycles. The number of carbonyl (C=O) groups excluding carboxylic acids is 1. The van der Waals surface area contributed by atoms with Gasteiger partial charge >= 0.3 is 6.18 Å². The quantitative estimate of drug-likeness (QED) is 0.647. The van der Waals surface area contributed by atoms with Crippen LogP contribution in [0.5, 0.6) is 5.75 Å². The number of nitrogens with zero attached hydrogens (tertiary/aromatic N) is 1. The molecule has 144 valence electrons. The summed E-state index contributed by atoms with van der Waals surface area (Å²) in [6.45, 7) is -1.43. The normalized spacial score (nSPS) is 14.1. The number of halogens is 3. The lowest BCUT2D eigenvalue weighted by Gasteiger charge is -2.15. The number of hydrogen-bond donors (Lipinski definition) is 1. The van der Waals surface area contributed by atoms with Gasteiger partial charge in [0, 0.05) is 17.0 Å². The fraction of sp³-hybridized carbons (Fsp3) is 0.238. The third-order valence-electron chi connectivity index (χ3n) is 4.50. The van der Waals surface area contributed by atoms with Crippen molar-refractivity contribution in [2.75, 3.05) is 11.9 Å². The SMILES string of the molecule is O=C(Nc1ccccc1OCC(F)(F)F)c1cc(C2CC2)nc2ccccc12. The van der Waals surface area contributed by atoms with Crippen LogP contribution in [0.25, 0.3) is 10.9 Å². The fourth-order valence-electron chi connectivity index (χ4n) is 3.02. The Hall–Kier alpha value is -3.09. The van der Waals surface area contributed by atoms with Gasteiger partial charge in [0.1, 0.15) is 5.75 Å². The van der Waals surface area contributed by atoms with Gasteiger partial charge in [-0.15, -0.1) is 0 Å². The van der Waals surface area contributed by atoms with E-state index in [2.05, 4.69) is 10.3 Å². The number of fused-ring (bicyclic) bond motifs is 1. The Morgan fingerprint density at radius 2 is 1.82 bits per heavy atom. The molecule has 1 saturated carbocycles. The maximum atomic E-state index is 13.0. The summed E-state index contributed by atoms with van der Waals surface area (Å²) in [4.78, 5) is 17.6. The molecule has 0 aliphatic heterocycles. The number of carbonyl (C=O) groups is 1. The molecule has 0 unspecified atom stereocenters. The summed E-state index contributed by atoms with van der Waals surface area (Å²) >= 11 is 0. The number of anilines is 1. The number of para-hydroxylation sites is 3. The van der Waals surface area contributed by atoms with Gasteiger partial charge in [0.2, 0.25) is 0 Å². The van der Waals surface area contributed by atoms with Crippen LogP contribution in [-0.2, 0) is 0 Å². The third-order valence-corrected chi connectivity index (χ3v) is 4.50. The van der Waals surface area contributed by atoms with Gasteiger partial charge in [-0.3, -0.25) is 9.78 Å². The van der Waals surface area contributed by atoms with E-state index >= 15 is 0 Å². The lowest BCUT2D eigenvalue weighted by molar-refractivity contribution is -0.153. The first-order chi connectivity index (χ1) is 13.4. The largest absolute Gasteiger partial charge is 0.482 e. The monoisotopic (exact) mass is 386 g/mol. The highest BCUT2D eigenvalue weighted by Crippen LogP contribution is 2.40. The minimum absolute atomic E-state index is 0.0334. The highest BCUT2D eigenvalue weighted by Gasteiger charge is 2.29. The van der Waals surface area contributed by atoms with Crippen LogP contribution in [0.3, 0.4) is 0 Å². The molecule has 0 bridgehead atoms. The maximum Gasteiger partial charge on any atom is 0.422 e. The Bertz CT molecular complexity index is 1030. The summed E-state index contributed by atoms with van der Waals surface area (Å²) in [5.74, 6) is -0.0870. The molecular weight excluding hydrogens is 369 g/mol. The summed E-state index contributed by atoms with van der Waals surface area (Å²) in [5, 5.41) is 3.38. The molecule has 7 heteroatoms. The average molecular weight is 386 g/mol. The van der Waals surface area contributed by atoms with Crippen LogP contribution in [0.4, 0.5) is 18.9 Å². The molecule has 4 nitrogen and oxygen atoms in total. The molecular formula is C21H17F3N2O2. The molecule has 1 amide bonds. The number of amides is 1. The smallest absolute Gasteiger partial charge is 0.422 e. The second kappa shape index (κ2) is 7.14. The van der Waals surface area contributed by atoms with E-state index in [1.54, 1.807) is 24.3 Å². The number of hydrogen-bond acceptors (Lipinski definition) is 3. The molecule has 1 aromatic heterocycles. The van der Waals surface area contributed by atoms with E-state index in [1.807, 2.05) is 18.2 Å². The summed E-state index contributed by atoms with van der Waals surface area (Å²) in [5.41, 5.74) is 2.22. The first-order valence-corrected chi connectivity index (χ1v) is 8.90. The van der Waals surface area contributed by atoms with Gasteiger partial charge in [-0.25, -0.2) is 0 Å². The molecule has 28 heavy (non-hydrogen) atoms. The summed E-state index contributed by atoms with van der Waals surface area (Å²) in [7, 11) is 0. The predicted octanol–water partition coefficient (Wildman–Crippen LogP) is 5.31. The number of benzene rings is 2. The number of pyridine rings is 1. The van der Waals surface area contributed by atoms with Gasteiger partial charge in [-0.1, -0.05) is 30.3 Å². The second-order valence-electron chi connectivity index (χ2n) is 6.74. The number of aromatic nitrogens is 1. The zero-order valence-corrected chi connectivity index (χ0v) is 14.8. The maximum absolute atomic E-state index is 13.0. The predicted molar refractivity (Wildman–Crippen MR) is 99.7 cm³/mol. The standard InChI is InChI=1S/C21H17F3N2O2/c22-21(23,24)12-28-19-8-4-3-7-17(19)26-20(27)15-11-18(13-9-10-13)25-16-6-2-1-5-14(15)16/h1-8,11,13H,9-10,12H2,(H,26,27). The number of alkyl halides is 3. The van der Waals surface area contributed by atoms with Gasteiger partial charge in [-0.05, 0) is 37.1 Å². The summed E-state index contributed by atoms with van der Waals surface area (Å²) < 4.78 is 42.3. The van der Waals surface area contributed by atoms with Crippen LogP contribution in [0.1, 0.15) is 34.8 Å². The molecule has 1 N–H and O–H groups in total. The second-order valence-corrected chi connectivity index (χ2v) is 6.74. The Morgan fingerprint density at radius 3 is 2.57 bits per heavy atom. The fourth-order valence-corrected chi connectivity index (χ4v) is 3.02. The van der Waals surface area contributed by atoms with Crippen molar-refractivity contribution in [2.45, 2.75) is 24.9 Å². The van der Waals surface area contributed by atoms with Gasteiger partial charge in [0.25, 0.3) is 5.91 Å². The minimum Gasteiger partial charge on any atom is -0.482 e. The van der Waals surface area contributed by atoms with Crippen molar-refractivity contribution >= 4 is 22.5 Å². The van der Waals surface area contributed by atoms with Gasteiger partial charge in [0.05, 0.1) is 16.8 Å². The van der Waals surface area contributed by atoms with Crippen LogP contribution in [0.2, 0.25) is 0 Å². The highest BCUT2D eigenvalue weighted by atomic mass is 19.4. The summed E-state index contributed by atoms with van der Waals surface area (Å²) in [6.07, 6.45) is -2.38. The third kappa shape index (κ3) is 4.08. The number of rotatable bonds is 5. The first-order valence-electron chi connectivity index (χ1n) is 8.90. The van der Waals surface area contributed by atoms with E-state index in [9.17, 15) is 18.0 Å². The zero-order valence-electron chi connectivity index (χ0n) is 14.8. The van der Waals surface area contributed by atoms with Gasteiger partial charge < -0.3 is 10.1 Å². The molecule has 0 spiro atoms. The minimum atomic E-state index is -4.46. The molecule has 0 saturated heterocycles. The van der Waals surface area contributed by atoms with Crippen molar-refractivity contribution < 1.29 is 22.7 Å². The molecule has 1 aliphatic rings. The van der Waals surface area contributed by atoms with E-state index in [4.69, 9.17) is 4.74 Å². The van der Waals surface area contributed by atoms with E-state index in [1.165, 1.54) is 12.1 Å². The van der Waals surface area contributed by atoms with Crippen LogP contribution >= 0.6 is 0 Å². The van der Waals surface area contributed by atoms with E-state index in [0.717, 1.165) is 24.1 Å². The van der Waals surface area contributed by atoms with Crippen LogP contribution in [0, 0.1) is 0 Å². The van der Waals surface area contributed by atoms with Crippen LogP contribution < -0.4 is 10.1 Å². The Morgan fingerprint density at radius 1 is 1.11 bits per heavy atom. The molecule has 3 aromatic rings. The van der Waals surface area contributed by atoms with Crippen LogP contribution in [-0.4, -0.2) is 23.7 Å². The lowest BCUT2D eigenvalue weighted by Crippen LogP contribution is -2.20. The zero-order chi connectivity index (χ0) is 19.7. The molecule has 1 aliphatic carbocycles.